The molecule has 0 fully saturated rings. The molecule has 1 atom stereocenters. The summed E-state index contributed by atoms with van der Waals surface area (Å²) in [4.78, 5) is 0. The maximum atomic E-state index is 2.43. The Labute approximate surface area is 114 Å². The number of hydrogen-bond acceptors (Lipinski definition) is 0. The van der Waals surface area contributed by atoms with Crippen LogP contribution in [0.1, 0.15) is 77.3 Å². The zero-order valence-corrected chi connectivity index (χ0v) is 13.0. The second-order valence-electron chi connectivity index (χ2n) is 6.65. The molecule has 1 aromatic carbocycles. The van der Waals surface area contributed by atoms with Gasteiger partial charge in [-0.15, -0.1) is 0 Å². The van der Waals surface area contributed by atoms with Crippen molar-refractivity contribution in [3.63, 3.8) is 0 Å². The molecule has 18 heavy (non-hydrogen) atoms. The molecule has 0 radical (unpaired) electrons. The molecule has 102 valence electrons. The molecule has 0 aliphatic rings. The van der Waals surface area contributed by atoms with Crippen LogP contribution in [0.2, 0.25) is 0 Å². The van der Waals surface area contributed by atoms with Crippen molar-refractivity contribution in [3.8, 4) is 0 Å². The molecule has 0 aliphatic carbocycles. The summed E-state index contributed by atoms with van der Waals surface area (Å²) in [6.07, 6.45) is 2.64. The first-order chi connectivity index (χ1) is 8.41. The third-order valence-corrected chi connectivity index (χ3v) is 3.87. The lowest BCUT2D eigenvalue weighted by Crippen LogP contribution is -2.08. The first kappa shape index (κ1) is 15.3. The molecule has 0 bridgehead atoms. The number of benzene rings is 1. The van der Waals surface area contributed by atoms with Crippen molar-refractivity contribution in [3.05, 3.63) is 35.4 Å². The SMILES string of the molecule is CC(C)CCC(c1cccc(C(C)C)c1)C(C)C. The van der Waals surface area contributed by atoms with E-state index >= 15 is 0 Å². The molecule has 1 rings (SSSR count). The molecule has 1 aromatic rings. The van der Waals surface area contributed by atoms with Crippen LogP contribution in [-0.4, -0.2) is 0 Å². The summed E-state index contributed by atoms with van der Waals surface area (Å²) in [7, 11) is 0. The maximum Gasteiger partial charge on any atom is -0.0139 e. The lowest BCUT2D eigenvalue weighted by Gasteiger charge is -2.23. The molecule has 0 aliphatic heterocycles. The fourth-order valence-corrected chi connectivity index (χ4v) is 2.55. The summed E-state index contributed by atoms with van der Waals surface area (Å²) in [5.74, 6) is 2.87. The lowest BCUT2D eigenvalue weighted by atomic mass is 9.82. The van der Waals surface area contributed by atoms with E-state index in [9.17, 15) is 0 Å². The molecule has 0 nitrogen and oxygen atoms in total. The van der Waals surface area contributed by atoms with Gasteiger partial charge in [0.05, 0.1) is 0 Å². The Morgan fingerprint density at radius 2 is 1.44 bits per heavy atom. The van der Waals surface area contributed by atoms with Gasteiger partial charge >= 0.3 is 0 Å². The third kappa shape index (κ3) is 4.48. The minimum Gasteiger partial charge on any atom is -0.0628 e. The van der Waals surface area contributed by atoms with Crippen LogP contribution in [0.5, 0.6) is 0 Å². The highest BCUT2D eigenvalue weighted by atomic mass is 14.2. The van der Waals surface area contributed by atoms with Crippen LogP contribution in [0.25, 0.3) is 0 Å². The normalized spacial score (nSPS) is 13.6. The minimum atomic E-state index is 0.628. The Morgan fingerprint density at radius 3 is 1.94 bits per heavy atom. The minimum absolute atomic E-state index is 0.628. The predicted molar refractivity (Wildman–Crippen MR) is 82.2 cm³/mol. The highest BCUT2D eigenvalue weighted by Crippen LogP contribution is 2.32. The van der Waals surface area contributed by atoms with Gasteiger partial charge in [0.15, 0.2) is 0 Å². The average Bonchev–Trinajstić information content (AvgIpc) is 2.28. The summed E-state index contributed by atoms with van der Waals surface area (Å²) in [6.45, 7) is 13.9. The van der Waals surface area contributed by atoms with Crippen LogP contribution in [0.4, 0.5) is 0 Å². The largest absolute Gasteiger partial charge is 0.0628 e. The van der Waals surface area contributed by atoms with E-state index in [-0.39, 0.29) is 0 Å². The molecule has 0 N–H and O–H groups in total. The van der Waals surface area contributed by atoms with Crippen LogP contribution in [0.15, 0.2) is 24.3 Å². The highest BCUT2D eigenvalue weighted by Gasteiger charge is 2.16. The van der Waals surface area contributed by atoms with E-state index < -0.39 is 0 Å². The van der Waals surface area contributed by atoms with Crippen molar-refractivity contribution in [1.29, 1.82) is 0 Å². The zero-order chi connectivity index (χ0) is 13.7. The van der Waals surface area contributed by atoms with Gasteiger partial charge in [-0.05, 0) is 41.2 Å². The average molecular weight is 246 g/mol. The van der Waals surface area contributed by atoms with E-state index in [1.807, 2.05) is 0 Å². The van der Waals surface area contributed by atoms with Gasteiger partial charge in [0, 0.05) is 0 Å². The summed E-state index contributed by atoms with van der Waals surface area (Å²) in [6, 6.07) is 9.23. The molecular formula is C18H30. The fraction of sp³-hybridized carbons (Fsp3) is 0.667. The Hall–Kier alpha value is -0.780. The second-order valence-corrected chi connectivity index (χ2v) is 6.65. The zero-order valence-electron chi connectivity index (χ0n) is 13.0. The highest BCUT2D eigenvalue weighted by molar-refractivity contribution is 5.28. The first-order valence-corrected chi connectivity index (χ1v) is 7.51. The fourth-order valence-electron chi connectivity index (χ4n) is 2.55. The lowest BCUT2D eigenvalue weighted by molar-refractivity contribution is 0.419. The summed E-state index contributed by atoms with van der Waals surface area (Å²) in [5, 5.41) is 0. The molecular weight excluding hydrogens is 216 g/mol. The van der Waals surface area contributed by atoms with Crippen molar-refractivity contribution in [2.24, 2.45) is 11.8 Å². The monoisotopic (exact) mass is 246 g/mol. The molecule has 1 unspecified atom stereocenters. The molecule has 0 spiro atoms. The first-order valence-electron chi connectivity index (χ1n) is 7.51. The predicted octanol–water partition coefficient (Wildman–Crippen LogP) is 5.99. The standard InChI is InChI=1S/C18H30/c1-13(2)10-11-18(15(5)6)17-9-7-8-16(12-17)14(3)4/h7-9,12-15,18H,10-11H2,1-6H3. The van der Waals surface area contributed by atoms with Crippen LogP contribution in [0, 0.1) is 11.8 Å². The number of rotatable bonds is 6. The topological polar surface area (TPSA) is 0 Å². The van der Waals surface area contributed by atoms with Crippen molar-refractivity contribution < 1.29 is 0 Å². The van der Waals surface area contributed by atoms with Crippen LogP contribution < -0.4 is 0 Å². The Bertz CT molecular complexity index is 347. The molecule has 0 saturated heterocycles. The van der Waals surface area contributed by atoms with Gasteiger partial charge in [0.2, 0.25) is 0 Å². The van der Waals surface area contributed by atoms with E-state index in [0.29, 0.717) is 11.8 Å². The van der Waals surface area contributed by atoms with Gasteiger partial charge in [-0.1, -0.05) is 72.2 Å². The molecule has 0 aromatic heterocycles. The second kappa shape index (κ2) is 6.97. The van der Waals surface area contributed by atoms with E-state index in [2.05, 4.69) is 65.8 Å². The van der Waals surface area contributed by atoms with Gasteiger partial charge in [0.1, 0.15) is 0 Å². The number of hydrogen-bond donors (Lipinski definition) is 0. The van der Waals surface area contributed by atoms with E-state index in [1.54, 1.807) is 0 Å². The molecule has 0 amide bonds. The Balaban J connectivity index is 2.88. The van der Waals surface area contributed by atoms with Crippen LogP contribution >= 0.6 is 0 Å². The summed E-state index contributed by atoms with van der Waals surface area (Å²) >= 11 is 0. The quantitative estimate of drug-likeness (QED) is 0.578. The molecule has 0 heterocycles. The third-order valence-electron chi connectivity index (χ3n) is 3.87. The van der Waals surface area contributed by atoms with Gasteiger partial charge in [0.25, 0.3) is 0 Å². The Kier molecular flexibility index (Phi) is 5.91. The van der Waals surface area contributed by atoms with Crippen molar-refractivity contribution in [2.45, 2.75) is 66.2 Å². The summed E-state index contributed by atoms with van der Waals surface area (Å²) < 4.78 is 0. The van der Waals surface area contributed by atoms with E-state index in [1.165, 1.54) is 24.0 Å². The van der Waals surface area contributed by atoms with Gasteiger partial charge in [-0.2, -0.15) is 0 Å². The van der Waals surface area contributed by atoms with Gasteiger partial charge < -0.3 is 0 Å². The van der Waals surface area contributed by atoms with Crippen molar-refractivity contribution in [2.75, 3.05) is 0 Å². The van der Waals surface area contributed by atoms with E-state index in [0.717, 1.165) is 11.8 Å². The van der Waals surface area contributed by atoms with Gasteiger partial charge in [-0.25, -0.2) is 0 Å². The molecule has 0 heteroatoms. The van der Waals surface area contributed by atoms with Crippen molar-refractivity contribution >= 4 is 0 Å². The summed E-state index contributed by atoms with van der Waals surface area (Å²) in [5.41, 5.74) is 3.01. The Morgan fingerprint density at radius 1 is 0.833 bits per heavy atom. The van der Waals surface area contributed by atoms with Gasteiger partial charge in [-0.3, -0.25) is 0 Å². The maximum absolute atomic E-state index is 2.43. The molecule has 0 saturated carbocycles. The van der Waals surface area contributed by atoms with Crippen LogP contribution in [0.3, 0.4) is 0 Å². The van der Waals surface area contributed by atoms with Crippen molar-refractivity contribution in [1.82, 2.24) is 0 Å². The van der Waals surface area contributed by atoms with Crippen LogP contribution in [-0.2, 0) is 0 Å². The smallest absolute Gasteiger partial charge is 0.0139 e. The van der Waals surface area contributed by atoms with E-state index in [4.69, 9.17) is 0 Å².